The zero-order valence-corrected chi connectivity index (χ0v) is 15.9. The Morgan fingerprint density at radius 1 is 1.23 bits per heavy atom. The second-order valence-corrected chi connectivity index (χ2v) is 7.82. The number of aryl methyl sites for hydroxylation is 1. The van der Waals surface area contributed by atoms with E-state index in [4.69, 9.17) is 0 Å². The molecule has 138 valence electrons. The monoisotopic (exact) mass is 398 g/mol. The summed E-state index contributed by atoms with van der Waals surface area (Å²) in [6, 6.07) is 7.44. The minimum atomic E-state index is -4.38. The number of nitrogens with zero attached hydrogens (tertiary/aromatic N) is 2. The van der Waals surface area contributed by atoms with Crippen LogP contribution in [0.15, 0.2) is 36.5 Å². The highest BCUT2D eigenvalue weighted by atomic mass is 32.2. The van der Waals surface area contributed by atoms with Crippen molar-refractivity contribution in [3.05, 3.63) is 53.3 Å². The third-order valence-corrected chi connectivity index (χ3v) is 4.74. The van der Waals surface area contributed by atoms with Crippen LogP contribution in [0.1, 0.15) is 29.7 Å². The predicted molar refractivity (Wildman–Crippen MR) is 102 cm³/mol. The van der Waals surface area contributed by atoms with E-state index in [1.807, 2.05) is 29.8 Å². The molecule has 0 radical (unpaired) electrons. The van der Waals surface area contributed by atoms with Gasteiger partial charge in [0.2, 0.25) is 0 Å². The number of H-pyrrole nitrogens is 1. The van der Waals surface area contributed by atoms with Gasteiger partial charge >= 0.3 is 12.1 Å². The summed E-state index contributed by atoms with van der Waals surface area (Å²) in [6.45, 7) is 2.01. The Kier molecular flexibility index (Phi) is 5.53. The van der Waals surface area contributed by atoms with Gasteiger partial charge in [-0.25, -0.2) is 9.55 Å². The average Bonchev–Trinajstić information content (AvgIpc) is 2.98. The van der Waals surface area contributed by atoms with Crippen LogP contribution in [-0.2, 0) is 12.6 Å². The lowest BCUT2D eigenvalue weighted by molar-refractivity contribution is -0.612. The van der Waals surface area contributed by atoms with Crippen LogP contribution in [0.25, 0.3) is 17.0 Å². The van der Waals surface area contributed by atoms with Gasteiger partial charge in [-0.05, 0) is 49.6 Å². The SMILES string of the molecule is Cc1ccc[n+](-c2nc3ccc(C(F)(F)F)cc3[nH]2)c1CCCC(S)S. The van der Waals surface area contributed by atoms with E-state index < -0.39 is 11.7 Å². The lowest BCUT2D eigenvalue weighted by atomic mass is 10.1. The zero-order chi connectivity index (χ0) is 18.9. The van der Waals surface area contributed by atoms with Crippen LogP contribution in [0.2, 0.25) is 0 Å². The predicted octanol–water partition coefficient (Wildman–Crippen LogP) is 4.68. The highest BCUT2D eigenvalue weighted by molar-refractivity contribution is 7.99. The van der Waals surface area contributed by atoms with Crippen LogP contribution in [-0.4, -0.2) is 14.5 Å². The van der Waals surface area contributed by atoms with Crippen molar-refractivity contribution < 1.29 is 17.7 Å². The number of thiol groups is 2. The molecule has 0 aliphatic carbocycles. The first-order valence-corrected chi connectivity index (χ1v) is 9.22. The van der Waals surface area contributed by atoms with Crippen molar-refractivity contribution in [1.82, 2.24) is 9.97 Å². The Morgan fingerprint density at radius 3 is 2.69 bits per heavy atom. The van der Waals surface area contributed by atoms with E-state index in [9.17, 15) is 13.2 Å². The third-order valence-electron chi connectivity index (χ3n) is 4.23. The minimum Gasteiger partial charge on any atom is -0.238 e. The van der Waals surface area contributed by atoms with E-state index in [0.717, 1.165) is 42.7 Å². The summed E-state index contributed by atoms with van der Waals surface area (Å²) in [6.07, 6.45) is 0.0483. The molecule has 0 spiro atoms. The molecular weight excluding hydrogens is 379 g/mol. The highest BCUT2D eigenvalue weighted by Crippen LogP contribution is 2.30. The second kappa shape index (κ2) is 7.52. The molecule has 1 aromatic carbocycles. The quantitative estimate of drug-likeness (QED) is 0.326. The summed E-state index contributed by atoms with van der Waals surface area (Å²) < 4.78 is 40.7. The maximum Gasteiger partial charge on any atom is 0.416 e. The number of imidazole rings is 1. The van der Waals surface area contributed by atoms with Gasteiger partial charge < -0.3 is 0 Å². The highest BCUT2D eigenvalue weighted by Gasteiger charge is 2.31. The van der Waals surface area contributed by atoms with Crippen molar-refractivity contribution in [2.75, 3.05) is 0 Å². The van der Waals surface area contributed by atoms with Crippen LogP contribution < -0.4 is 4.57 Å². The van der Waals surface area contributed by atoms with Gasteiger partial charge in [0, 0.05) is 11.0 Å². The fourth-order valence-corrected chi connectivity index (χ4v) is 3.27. The molecule has 3 aromatic rings. The molecule has 0 saturated carbocycles. The minimum absolute atomic E-state index is 0.0273. The van der Waals surface area contributed by atoms with Crippen molar-refractivity contribution in [1.29, 1.82) is 0 Å². The first-order valence-electron chi connectivity index (χ1n) is 8.19. The molecule has 0 atom stereocenters. The van der Waals surface area contributed by atoms with Gasteiger partial charge in [0.15, 0.2) is 5.52 Å². The summed E-state index contributed by atoms with van der Waals surface area (Å²) in [5.41, 5.74) is 2.33. The van der Waals surface area contributed by atoms with Gasteiger partial charge in [-0.15, -0.1) is 0 Å². The molecule has 26 heavy (non-hydrogen) atoms. The zero-order valence-electron chi connectivity index (χ0n) is 14.1. The maximum atomic E-state index is 12.9. The Labute approximate surface area is 160 Å². The fourth-order valence-electron chi connectivity index (χ4n) is 2.90. The van der Waals surface area contributed by atoms with E-state index in [1.165, 1.54) is 6.07 Å². The number of pyridine rings is 1. The van der Waals surface area contributed by atoms with Crippen LogP contribution in [0.5, 0.6) is 0 Å². The van der Waals surface area contributed by atoms with Crippen molar-refractivity contribution in [3.8, 4) is 5.95 Å². The maximum absolute atomic E-state index is 12.9. The second-order valence-electron chi connectivity index (χ2n) is 6.17. The number of rotatable bonds is 5. The molecule has 0 unspecified atom stereocenters. The lowest BCUT2D eigenvalue weighted by Gasteiger charge is -2.09. The van der Waals surface area contributed by atoms with E-state index in [0.29, 0.717) is 17.0 Å². The lowest BCUT2D eigenvalue weighted by Crippen LogP contribution is -2.37. The smallest absolute Gasteiger partial charge is 0.238 e. The average molecular weight is 398 g/mol. The van der Waals surface area contributed by atoms with Gasteiger partial charge in [0.05, 0.1) is 17.5 Å². The first kappa shape index (κ1) is 19.1. The van der Waals surface area contributed by atoms with Gasteiger partial charge in [0.1, 0.15) is 5.52 Å². The summed E-state index contributed by atoms with van der Waals surface area (Å²) in [5.74, 6) is 0.506. The molecular formula is C18H19F3N3S2+. The molecule has 3 nitrogen and oxygen atoms in total. The molecule has 0 bridgehead atoms. The van der Waals surface area contributed by atoms with E-state index in [1.54, 1.807) is 0 Å². The molecule has 2 heterocycles. The van der Waals surface area contributed by atoms with Gasteiger partial charge in [0.25, 0.3) is 0 Å². The number of hydrogen-bond acceptors (Lipinski definition) is 3. The molecule has 2 aromatic heterocycles. The first-order chi connectivity index (χ1) is 12.3. The number of aromatic nitrogens is 3. The molecule has 0 fully saturated rings. The van der Waals surface area contributed by atoms with Crippen LogP contribution in [0.3, 0.4) is 0 Å². The van der Waals surface area contributed by atoms with Crippen LogP contribution in [0.4, 0.5) is 13.2 Å². The van der Waals surface area contributed by atoms with Crippen molar-refractivity contribution >= 4 is 36.3 Å². The largest absolute Gasteiger partial charge is 0.416 e. The van der Waals surface area contributed by atoms with Crippen LogP contribution in [0, 0.1) is 6.92 Å². The fraction of sp³-hybridized carbons (Fsp3) is 0.333. The van der Waals surface area contributed by atoms with E-state index in [-0.39, 0.29) is 4.58 Å². The summed E-state index contributed by atoms with van der Waals surface area (Å²) >= 11 is 8.56. The third kappa shape index (κ3) is 4.17. The van der Waals surface area contributed by atoms with Crippen molar-refractivity contribution in [2.24, 2.45) is 0 Å². The molecule has 0 aliphatic heterocycles. The van der Waals surface area contributed by atoms with Crippen molar-refractivity contribution in [3.63, 3.8) is 0 Å². The number of halogens is 3. The summed E-state index contributed by atoms with van der Waals surface area (Å²) in [7, 11) is 0. The Bertz CT molecular complexity index is 920. The Hall–Kier alpha value is -1.67. The van der Waals surface area contributed by atoms with Gasteiger partial charge in [-0.2, -0.15) is 38.4 Å². The standard InChI is InChI=1S/C18H18F3N3S2/c1-11-4-3-9-24(15(11)5-2-6-16(25)26)17-22-13-8-7-12(18(19,20)21)10-14(13)23-17/h3-4,7-10,16H,2,5-6H2,1H3,(H2-,22,23,25,26)/p+1. The van der Waals surface area contributed by atoms with E-state index in [2.05, 4.69) is 35.2 Å². The summed E-state index contributed by atoms with van der Waals surface area (Å²) in [4.78, 5) is 7.47. The molecule has 3 rings (SSSR count). The number of alkyl halides is 3. The van der Waals surface area contributed by atoms with E-state index >= 15 is 0 Å². The normalized spacial score (nSPS) is 12.3. The van der Waals surface area contributed by atoms with Crippen LogP contribution >= 0.6 is 25.3 Å². The number of aromatic amines is 1. The number of hydrogen-bond donors (Lipinski definition) is 3. The topological polar surface area (TPSA) is 32.6 Å². The molecule has 0 amide bonds. The molecule has 1 N–H and O–H groups in total. The van der Waals surface area contributed by atoms with Crippen molar-refractivity contribution in [2.45, 2.75) is 36.9 Å². The number of benzene rings is 1. The number of fused-ring (bicyclic) bond motifs is 1. The number of nitrogens with one attached hydrogen (secondary N) is 1. The Morgan fingerprint density at radius 2 is 2.00 bits per heavy atom. The summed E-state index contributed by atoms with van der Waals surface area (Å²) in [5, 5.41) is 0. The molecule has 8 heteroatoms. The van der Waals surface area contributed by atoms with Gasteiger partial charge in [-0.3, -0.25) is 0 Å². The van der Waals surface area contributed by atoms with Gasteiger partial charge in [-0.1, -0.05) is 11.1 Å². The molecule has 0 aliphatic rings. The molecule has 0 saturated heterocycles. The Balaban J connectivity index is 1.99.